The summed E-state index contributed by atoms with van der Waals surface area (Å²) in [5.74, 6) is -0.168. The summed E-state index contributed by atoms with van der Waals surface area (Å²) in [4.78, 5) is 15.7. The van der Waals surface area contributed by atoms with Gasteiger partial charge in [0.2, 0.25) is 0 Å². The average molecular weight is 262 g/mol. The van der Waals surface area contributed by atoms with Gasteiger partial charge in [0.05, 0.1) is 6.61 Å². The summed E-state index contributed by atoms with van der Waals surface area (Å²) in [5, 5.41) is 0. The van der Waals surface area contributed by atoms with E-state index in [4.69, 9.17) is 15.2 Å². The number of hydrogen-bond acceptors (Lipinski definition) is 5. The van der Waals surface area contributed by atoms with Crippen molar-refractivity contribution in [2.75, 3.05) is 13.2 Å². The van der Waals surface area contributed by atoms with Crippen LogP contribution in [0.25, 0.3) is 0 Å². The second-order valence-corrected chi connectivity index (χ2v) is 4.43. The highest BCUT2D eigenvalue weighted by Crippen LogP contribution is 2.14. The van der Waals surface area contributed by atoms with Crippen LogP contribution in [-0.4, -0.2) is 30.3 Å². The van der Waals surface area contributed by atoms with E-state index in [0.29, 0.717) is 11.3 Å². The minimum absolute atomic E-state index is 0.168. The molecule has 1 atom stereocenters. The Kier molecular flexibility index (Phi) is 5.06. The summed E-state index contributed by atoms with van der Waals surface area (Å²) in [6.07, 6.45) is 7.36. The highest BCUT2D eigenvalue weighted by Gasteiger charge is 2.14. The van der Waals surface area contributed by atoms with Crippen molar-refractivity contribution in [3.8, 4) is 0 Å². The predicted octanol–water partition coefficient (Wildman–Crippen LogP) is 1.65. The van der Waals surface area contributed by atoms with Gasteiger partial charge in [-0.1, -0.05) is 0 Å². The lowest BCUT2D eigenvalue weighted by atomic mass is 10.1. The number of nitrogens with zero attached hydrogens (tertiary/aromatic N) is 1. The maximum absolute atomic E-state index is 11.8. The molecule has 5 nitrogen and oxygen atoms in total. The van der Waals surface area contributed by atoms with Crippen LogP contribution >= 0.6 is 0 Å². The van der Waals surface area contributed by atoms with E-state index in [-0.39, 0.29) is 18.7 Å². The molecular formula is C14H18N2O3. The highest BCUT2D eigenvalue weighted by molar-refractivity contribution is 6.04. The molecule has 2 rings (SSSR count). The van der Waals surface area contributed by atoms with E-state index < -0.39 is 0 Å². The summed E-state index contributed by atoms with van der Waals surface area (Å²) in [5.41, 5.74) is 6.67. The molecule has 0 amide bonds. The molecule has 19 heavy (non-hydrogen) atoms. The fraction of sp³-hybridized carbons (Fsp3) is 0.429. The van der Waals surface area contributed by atoms with Crippen LogP contribution < -0.4 is 5.73 Å². The fourth-order valence-corrected chi connectivity index (χ4v) is 1.83. The van der Waals surface area contributed by atoms with Gasteiger partial charge >= 0.3 is 0 Å². The molecule has 1 saturated heterocycles. The average Bonchev–Trinajstić information content (AvgIpc) is 2.47. The quantitative estimate of drug-likeness (QED) is 0.645. The zero-order valence-electron chi connectivity index (χ0n) is 10.7. The van der Waals surface area contributed by atoms with Crippen molar-refractivity contribution < 1.29 is 14.3 Å². The standard InChI is InChI=1S/C14H18N2O3/c15-12(10-19-14-5-1-2-7-18-14)8-13(17)11-4-3-6-16-9-11/h3-4,6,8-9,14H,1-2,5,7,10,15H2/b12-8-. The molecule has 1 aromatic rings. The smallest absolute Gasteiger partial charge is 0.189 e. The summed E-state index contributed by atoms with van der Waals surface area (Å²) in [6.45, 7) is 0.930. The Morgan fingerprint density at radius 3 is 3.16 bits per heavy atom. The highest BCUT2D eigenvalue weighted by atomic mass is 16.7. The van der Waals surface area contributed by atoms with Crippen LogP contribution in [0.1, 0.15) is 29.6 Å². The van der Waals surface area contributed by atoms with Crippen molar-refractivity contribution in [1.82, 2.24) is 4.98 Å². The summed E-state index contributed by atoms with van der Waals surface area (Å²) in [7, 11) is 0. The lowest BCUT2D eigenvalue weighted by Crippen LogP contribution is -2.24. The third-order valence-corrected chi connectivity index (χ3v) is 2.84. The Bertz CT molecular complexity index is 439. The molecule has 102 valence electrons. The number of rotatable bonds is 5. The zero-order valence-corrected chi connectivity index (χ0v) is 10.7. The van der Waals surface area contributed by atoms with Gasteiger partial charge in [-0.15, -0.1) is 0 Å². The van der Waals surface area contributed by atoms with Gasteiger partial charge in [0, 0.05) is 36.3 Å². The number of pyridine rings is 1. The molecule has 0 spiro atoms. The molecule has 0 saturated carbocycles. The number of allylic oxidation sites excluding steroid dienone is 1. The predicted molar refractivity (Wildman–Crippen MR) is 70.4 cm³/mol. The molecule has 1 unspecified atom stereocenters. The van der Waals surface area contributed by atoms with Crippen molar-refractivity contribution in [3.05, 3.63) is 41.9 Å². The Balaban J connectivity index is 1.83. The monoisotopic (exact) mass is 262 g/mol. The van der Waals surface area contributed by atoms with E-state index in [1.165, 1.54) is 12.3 Å². The Morgan fingerprint density at radius 1 is 1.58 bits per heavy atom. The van der Waals surface area contributed by atoms with Gasteiger partial charge < -0.3 is 15.2 Å². The molecule has 2 N–H and O–H groups in total. The Labute approximate surface area is 112 Å². The van der Waals surface area contributed by atoms with Crippen molar-refractivity contribution in [2.45, 2.75) is 25.6 Å². The minimum Gasteiger partial charge on any atom is -0.400 e. The molecular weight excluding hydrogens is 244 g/mol. The molecule has 1 aliphatic heterocycles. The Hall–Kier alpha value is -1.72. The lowest BCUT2D eigenvalue weighted by Gasteiger charge is -2.22. The molecule has 1 fully saturated rings. The van der Waals surface area contributed by atoms with Crippen molar-refractivity contribution in [3.63, 3.8) is 0 Å². The number of carbonyl (C=O) groups excluding carboxylic acids is 1. The van der Waals surface area contributed by atoms with Crippen LogP contribution in [0.4, 0.5) is 0 Å². The van der Waals surface area contributed by atoms with Crippen molar-refractivity contribution in [1.29, 1.82) is 0 Å². The van der Waals surface area contributed by atoms with Crippen LogP contribution in [-0.2, 0) is 9.47 Å². The van der Waals surface area contributed by atoms with Gasteiger partial charge in [-0.25, -0.2) is 0 Å². The van der Waals surface area contributed by atoms with Crippen LogP contribution in [0.15, 0.2) is 36.3 Å². The van der Waals surface area contributed by atoms with Gasteiger partial charge in [0.1, 0.15) is 0 Å². The van der Waals surface area contributed by atoms with Gasteiger partial charge in [-0.05, 0) is 31.4 Å². The maximum atomic E-state index is 11.8. The number of carbonyl (C=O) groups is 1. The Morgan fingerprint density at radius 2 is 2.47 bits per heavy atom. The zero-order chi connectivity index (χ0) is 13.5. The third kappa shape index (κ3) is 4.46. The van der Waals surface area contributed by atoms with Crippen molar-refractivity contribution in [2.24, 2.45) is 5.73 Å². The van der Waals surface area contributed by atoms with Gasteiger partial charge in [0.25, 0.3) is 0 Å². The van der Waals surface area contributed by atoms with Crippen LogP contribution in [0.3, 0.4) is 0 Å². The second-order valence-electron chi connectivity index (χ2n) is 4.43. The van der Waals surface area contributed by atoms with E-state index in [1.807, 2.05) is 0 Å². The number of ether oxygens (including phenoxy) is 2. The summed E-state index contributed by atoms with van der Waals surface area (Å²) < 4.78 is 10.9. The van der Waals surface area contributed by atoms with Crippen LogP contribution in [0.2, 0.25) is 0 Å². The van der Waals surface area contributed by atoms with Gasteiger partial charge in [-0.3, -0.25) is 9.78 Å². The molecule has 1 aromatic heterocycles. The fourth-order valence-electron chi connectivity index (χ4n) is 1.83. The van der Waals surface area contributed by atoms with Gasteiger partial charge in [0.15, 0.2) is 12.1 Å². The summed E-state index contributed by atoms with van der Waals surface area (Å²) in [6, 6.07) is 3.41. The normalized spacial score (nSPS) is 20.2. The molecule has 1 aliphatic rings. The molecule has 2 heterocycles. The second kappa shape index (κ2) is 7.01. The first kappa shape index (κ1) is 13.7. The van der Waals surface area contributed by atoms with E-state index in [1.54, 1.807) is 18.3 Å². The maximum Gasteiger partial charge on any atom is 0.189 e. The first-order chi connectivity index (χ1) is 9.25. The molecule has 5 heteroatoms. The number of ketones is 1. The third-order valence-electron chi connectivity index (χ3n) is 2.84. The summed E-state index contributed by atoms with van der Waals surface area (Å²) >= 11 is 0. The first-order valence-electron chi connectivity index (χ1n) is 6.39. The SMILES string of the molecule is N/C(=C\C(=O)c1cccnc1)COC1CCCCO1. The van der Waals surface area contributed by atoms with E-state index >= 15 is 0 Å². The lowest BCUT2D eigenvalue weighted by molar-refractivity contribution is -0.157. The van der Waals surface area contributed by atoms with E-state index in [2.05, 4.69) is 4.98 Å². The topological polar surface area (TPSA) is 74.4 Å². The number of nitrogens with two attached hydrogens (primary N) is 1. The largest absolute Gasteiger partial charge is 0.400 e. The van der Waals surface area contributed by atoms with Crippen LogP contribution in [0.5, 0.6) is 0 Å². The molecule has 0 aliphatic carbocycles. The van der Waals surface area contributed by atoms with E-state index in [0.717, 1.165) is 25.9 Å². The number of aromatic nitrogens is 1. The van der Waals surface area contributed by atoms with E-state index in [9.17, 15) is 4.79 Å². The number of hydrogen-bond donors (Lipinski definition) is 1. The molecule has 0 aromatic carbocycles. The van der Waals surface area contributed by atoms with Crippen molar-refractivity contribution >= 4 is 5.78 Å². The minimum atomic E-state index is -0.200. The van der Waals surface area contributed by atoms with Crippen LogP contribution in [0, 0.1) is 0 Å². The molecule has 0 bridgehead atoms. The van der Waals surface area contributed by atoms with Gasteiger partial charge in [-0.2, -0.15) is 0 Å². The first-order valence-corrected chi connectivity index (χ1v) is 6.39. The molecule has 0 radical (unpaired) electrons.